The van der Waals surface area contributed by atoms with Gasteiger partial charge in [0.25, 0.3) is 0 Å². The Hall–Kier alpha value is -0.870. The number of nitrogens with zero attached hydrogens (tertiary/aromatic N) is 2. The molecule has 0 aliphatic carbocycles. The number of rotatable bonds is 6. The fraction of sp³-hybridized carbons (Fsp3) is 0.571. The second-order valence-corrected chi connectivity index (χ2v) is 6.47. The lowest BCUT2D eigenvalue weighted by atomic mass is 10.0. The molecule has 2 aromatic heterocycles. The predicted molar refractivity (Wildman–Crippen MR) is 84.4 cm³/mol. The largest absolute Gasteiger partial charge is 0.366 e. The molecule has 0 aromatic carbocycles. The van der Waals surface area contributed by atoms with Gasteiger partial charge in [0, 0.05) is 16.8 Å². The minimum Gasteiger partial charge on any atom is -0.366 e. The Kier molecular flexibility index (Phi) is 4.99. The minimum absolute atomic E-state index is 0.348. The van der Waals surface area contributed by atoms with Crippen LogP contribution in [0.25, 0.3) is 10.2 Å². The smallest absolute Gasteiger partial charge is 0.138 e. The Morgan fingerprint density at radius 3 is 2.79 bits per heavy atom. The summed E-state index contributed by atoms with van der Waals surface area (Å²) < 4.78 is 0. The Bertz CT molecular complexity index is 538. The van der Waals surface area contributed by atoms with Gasteiger partial charge >= 0.3 is 0 Å². The second-order valence-electron chi connectivity index (χ2n) is 4.98. The number of aryl methyl sites for hydroxylation is 1. The van der Waals surface area contributed by atoms with Crippen molar-refractivity contribution < 1.29 is 0 Å². The van der Waals surface area contributed by atoms with E-state index in [-0.39, 0.29) is 0 Å². The van der Waals surface area contributed by atoms with Crippen molar-refractivity contribution in [2.24, 2.45) is 5.92 Å². The third-order valence-corrected chi connectivity index (χ3v) is 4.68. The van der Waals surface area contributed by atoms with Gasteiger partial charge in [-0.15, -0.1) is 22.9 Å². The molecule has 0 spiro atoms. The Morgan fingerprint density at radius 1 is 1.37 bits per heavy atom. The number of anilines is 1. The van der Waals surface area contributed by atoms with Crippen LogP contribution >= 0.6 is 22.9 Å². The van der Waals surface area contributed by atoms with Crippen LogP contribution in [0, 0.1) is 5.92 Å². The Morgan fingerprint density at radius 2 is 2.16 bits per heavy atom. The zero-order chi connectivity index (χ0) is 13.8. The number of fused-ring (bicyclic) bond motifs is 1. The van der Waals surface area contributed by atoms with Crippen molar-refractivity contribution in [3.05, 3.63) is 17.3 Å². The summed E-state index contributed by atoms with van der Waals surface area (Å²) >= 11 is 7.62. The van der Waals surface area contributed by atoms with Gasteiger partial charge in [0.2, 0.25) is 0 Å². The molecule has 0 aliphatic rings. The molecular weight excluding hydrogens is 278 g/mol. The van der Waals surface area contributed by atoms with Gasteiger partial charge in [-0.2, -0.15) is 0 Å². The van der Waals surface area contributed by atoms with Crippen molar-refractivity contribution >= 4 is 39.0 Å². The molecular formula is C14H20ClN3S. The van der Waals surface area contributed by atoms with Crippen LogP contribution < -0.4 is 5.32 Å². The Balaban J connectivity index is 2.30. The lowest BCUT2D eigenvalue weighted by Gasteiger charge is -2.22. The van der Waals surface area contributed by atoms with Gasteiger partial charge in [-0.3, -0.25) is 0 Å². The Labute approximate surface area is 123 Å². The summed E-state index contributed by atoms with van der Waals surface area (Å²) in [6.07, 6.45) is 3.62. The van der Waals surface area contributed by atoms with Crippen LogP contribution in [0.1, 0.15) is 32.1 Å². The molecule has 1 atom stereocenters. The van der Waals surface area contributed by atoms with Crippen molar-refractivity contribution in [2.45, 2.75) is 39.7 Å². The van der Waals surface area contributed by atoms with Crippen LogP contribution in [0.2, 0.25) is 0 Å². The molecule has 2 aromatic rings. The highest BCUT2D eigenvalue weighted by molar-refractivity contribution is 7.18. The van der Waals surface area contributed by atoms with E-state index in [1.165, 1.54) is 4.88 Å². The number of halogens is 1. The van der Waals surface area contributed by atoms with Gasteiger partial charge in [-0.25, -0.2) is 9.97 Å². The molecule has 0 saturated heterocycles. The zero-order valence-corrected chi connectivity index (χ0v) is 13.2. The SMILES string of the molecule is CCc1cc2c(NC(CCCl)C(C)C)ncnc2s1. The lowest BCUT2D eigenvalue weighted by molar-refractivity contribution is 0.512. The molecule has 1 N–H and O–H groups in total. The molecule has 0 aliphatic heterocycles. The third-order valence-electron chi connectivity index (χ3n) is 3.28. The highest BCUT2D eigenvalue weighted by atomic mass is 35.5. The molecule has 0 bridgehead atoms. The van der Waals surface area contributed by atoms with Gasteiger partial charge in [0.1, 0.15) is 17.0 Å². The van der Waals surface area contributed by atoms with Gasteiger partial charge in [-0.1, -0.05) is 20.8 Å². The molecule has 0 radical (unpaired) electrons. The fourth-order valence-corrected chi connectivity index (χ4v) is 3.23. The summed E-state index contributed by atoms with van der Waals surface area (Å²) in [6, 6.07) is 2.54. The molecule has 0 amide bonds. The summed E-state index contributed by atoms with van der Waals surface area (Å²) in [7, 11) is 0. The number of hydrogen-bond donors (Lipinski definition) is 1. The molecule has 3 nitrogen and oxygen atoms in total. The number of thiophene rings is 1. The minimum atomic E-state index is 0.348. The maximum Gasteiger partial charge on any atom is 0.138 e. The molecule has 1 unspecified atom stereocenters. The third kappa shape index (κ3) is 3.37. The van der Waals surface area contributed by atoms with Crippen molar-refractivity contribution in [2.75, 3.05) is 11.2 Å². The van der Waals surface area contributed by atoms with Crippen LogP contribution in [0.3, 0.4) is 0 Å². The normalized spacial score (nSPS) is 13.1. The van der Waals surface area contributed by atoms with E-state index in [0.29, 0.717) is 17.8 Å². The van der Waals surface area contributed by atoms with Crippen LogP contribution in [-0.2, 0) is 6.42 Å². The van der Waals surface area contributed by atoms with E-state index in [9.17, 15) is 0 Å². The first-order valence-electron chi connectivity index (χ1n) is 6.71. The molecule has 104 valence electrons. The van der Waals surface area contributed by atoms with Crippen molar-refractivity contribution in [1.29, 1.82) is 0 Å². The van der Waals surface area contributed by atoms with E-state index in [4.69, 9.17) is 11.6 Å². The maximum absolute atomic E-state index is 5.88. The predicted octanol–water partition coefficient (Wildman–Crippen LogP) is 4.32. The second kappa shape index (κ2) is 6.53. The van der Waals surface area contributed by atoms with Crippen LogP contribution in [-0.4, -0.2) is 21.9 Å². The number of nitrogens with one attached hydrogen (secondary N) is 1. The monoisotopic (exact) mass is 297 g/mol. The fourth-order valence-electron chi connectivity index (χ4n) is 2.06. The maximum atomic E-state index is 5.88. The number of alkyl halides is 1. The van der Waals surface area contributed by atoms with Crippen LogP contribution in [0.4, 0.5) is 5.82 Å². The van der Waals surface area contributed by atoms with E-state index in [1.807, 2.05) is 0 Å². The van der Waals surface area contributed by atoms with E-state index in [1.54, 1.807) is 17.7 Å². The van der Waals surface area contributed by atoms with Crippen LogP contribution in [0.15, 0.2) is 12.4 Å². The van der Waals surface area contributed by atoms with E-state index < -0.39 is 0 Å². The van der Waals surface area contributed by atoms with E-state index in [0.717, 1.165) is 28.9 Å². The van der Waals surface area contributed by atoms with Gasteiger partial charge in [0.15, 0.2) is 0 Å². The highest BCUT2D eigenvalue weighted by Gasteiger charge is 2.15. The summed E-state index contributed by atoms with van der Waals surface area (Å²) in [5, 5.41) is 4.66. The molecule has 0 saturated carbocycles. The molecule has 5 heteroatoms. The first-order valence-corrected chi connectivity index (χ1v) is 8.06. The average molecular weight is 298 g/mol. The van der Waals surface area contributed by atoms with Crippen molar-refractivity contribution in [3.63, 3.8) is 0 Å². The summed E-state index contributed by atoms with van der Waals surface area (Å²) in [6.45, 7) is 6.57. The summed E-state index contributed by atoms with van der Waals surface area (Å²) in [4.78, 5) is 11.2. The zero-order valence-electron chi connectivity index (χ0n) is 11.6. The number of hydrogen-bond acceptors (Lipinski definition) is 4. The molecule has 0 fully saturated rings. The quantitative estimate of drug-likeness (QED) is 0.807. The topological polar surface area (TPSA) is 37.8 Å². The van der Waals surface area contributed by atoms with E-state index >= 15 is 0 Å². The van der Waals surface area contributed by atoms with Crippen molar-refractivity contribution in [3.8, 4) is 0 Å². The van der Waals surface area contributed by atoms with Gasteiger partial charge in [-0.05, 0) is 24.8 Å². The molecule has 19 heavy (non-hydrogen) atoms. The number of aromatic nitrogens is 2. The highest BCUT2D eigenvalue weighted by Crippen LogP contribution is 2.29. The molecule has 2 heterocycles. The summed E-state index contributed by atoms with van der Waals surface area (Å²) in [5.74, 6) is 2.12. The molecule has 2 rings (SSSR count). The van der Waals surface area contributed by atoms with Crippen LogP contribution in [0.5, 0.6) is 0 Å². The van der Waals surface area contributed by atoms with Gasteiger partial charge < -0.3 is 5.32 Å². The first kappa shape index (κ1) is 14.5. The van der Waals surface area contributed by atoms with E-state index in [2.05, 4.69) is 42.1 Å². The lowest BCUT2D eigenvalue weighted by Crippen LogP contribution is -2.26. The van der Waals surface area contributed by atoms with Gasteiger partial charge in [0.05, 0.1) is 5.39 Å². The standard InChI is InChI=1S/C14H20ClN3S/c1-4-10-7-11-13(16-8-17-14(11)19-10)18-12(5-6-15)9(2)3/h7-9,12H,4-6H2,1-3H3,(H,16,17,18). The first-order chi connectivity index (χ1) is 9.15. The average Bonchev–Trinajstić information content (AvgIpc) is 2.82. The summed E-state index contributed by atoms with van der Waals surface area (Å²) in [5.41, 5.74) is 0. The van der Waals surface area contributed by atoms with Crippen molar-refractivity contribution in [1.82, 2.24) is 9.97 Å².